The fourth-order valence-electron chi connectivity index (χ4n) is 1.44. The molecule has 1 rings (SSSR count). The minimum absolute atomic E-state index is 0.123. The van der Waals surface area contributed by atoms with Gasteiger partial charge < -0.3 is 10.1 Å². The zero-order chi connectivity index (χ0) is 12.8. The monoisotopic (exact) mass is 339 g/mol. The van der Waals surface area contributed by atoms with Crippen LogP contribution in [0.25, 0.3) is 0 Å². The highest BCUT2D eigenvalue weighted by molar-refractivity contribution is 9.10. The third-order valence-electron chi connectivity index (χ3n) is 2.34. The van der Waals surface area contributed by atoms with E-state index in [1.807, 2.05) is 14.0 Å². The van der Waals surface area contributed by atoms with Crippen molar-refractivity contribution in [3.63, 3.8) is 0 Å². The molecule has 0 fully saturated rings. The molecule has 2 nitrogen and oxygen atoms in total. The smallest absolute Gasteiger partial charge is 0.139 e. The fourth-order valence-corrected chi connectivity index (χ4v) is 2.27. The van der Waals surface area contributed by atoms with Crippen molar-refractivity contribution in [2.45, 2.75) is 25.9 Å². The SMILES string of the molecule is CNCCCC(C)Oc1cc(Cl)c(Br)cc1Cl. The fraction of sp³-hybridized carbons (Fsp3) is 0.500. The molecule has 1 N–H and O–H groups in total. The van der Waals surface area contributed by atoms with Gasteiger partial charge in [0.15, 0.2) is 0 Å². The van der Waals surface area contributed by atoms with Crippen molar-refractivity contribution in [3.05, 3.63) is 26.7 Å². The predicted octanol–water partition coefficient (Wildman–Crippen LogP) is 4.52. The maximum atomic E-state index is 6.08. The van der Waals surface area contributed by atoms with E-state index in [1.165, 1.54) is 0 Å². The van der Waals surface area contributed by atoms with E-state index in [0.717, 1.165) is 23.9 Å². The Balaban J connectivity index is 2.58. The second kappa shape index (κ2) is 7.47. The molecule has 0 saturated heterocycles. The van der Waals surface area contributed by atoms with Gasteiger partial charge in [0, 0.05) is 10.5 Å². The summed E-state index contributed by atoms with van der Waals surface area (Å²) >= 11 is 15.4. The van der Waals surface area contributed by atoms with Crippen LogP contribution in [0.5, 0.6) is 5.75 Å². The molecule has 0 heterocycles. The summed E-state index contributed by atoms with van der Waals surface area (Å²) in [5.41, 5.74) is 0. The molecule has 1 unspecified atom stereocenters. The van der Waals surface area contributed by atoms with Gasteiger partial charge >= 0.3 is 0 Å². The summed E-state index contributed by atoms with van der Waals surface area (Å²) in [5, 5.41) is 4.28. The summed E-state index contributed by atoms with van der Waals surface area (Å²) in [7, 11) is 1.94. The van der Waals surface area contributed by atoms with Crippen LogP contribution >= 0.6 is 39.1 Å². The molecule has 0 aromatic heterocycles. The molecule has 0 radical (unpaired) electrons. The van der Waals surface area contributed by atoms with Gasteiger partial charge in [-0.05, 0) is 55.4 Å². The van der Waals surface area contributed by atoms with Crippen LogP contribution in [-0.4, -0.2) is 19.7 Å². The average Bonchev–Trinajstić information content (AvgIpc) is 2.26. The van der Waals surface area contributed by atoms with Gasteiger partial charge in [-0.1, -0.05) is 23.2 Å². The summed E-state index contributed by atoms with van der Waals surface area (Å²) in [4.78, 5) is 0. The molecule has 5 heteroatoms. The van der Waals surface area contributed by atoms with Crippen molar-refractivity contribution in [2.24, 2.45) is 0 Å². The molecule has 1 atom stereocenters. The molecule has 0 bridgehead atoms. The minimum Gasteiger partial charge on any atom is -0.489 e. The predicted molar refractivity (Wildman–Crippen MR) is 77.4 cm³/mol. The van der Waals surface area contributed by atoms with Gasteiger partial charge in [0.05, 0.1) is 16.1 Å². The van der Waals surface area contributed by atoms with Crippen molar-refractivity contribution in [3.8, 4) is 5.75 Å². The molecule has 0 amide bonds. The highest BCUT2D eigenvalue weighted by Gasteiger charge is 2.10. The lowest BCUT2D eigenvalue weighted by Crippen LogP contribution is -2.15. The van der Waals surface area contributed by atoms with Gasteiger partial charge in [0.25, 0.3) is 0 Å². The zero-order valence-corrected chi connectivity index (χ0v) is 13.0. The summed E-state index contributed by atoms with van der Waals surface area (Å²) in [5.74, 6) is 0.636. The Morgan fingerprint density at radius 1 is 1.35 bits per heavy atom. The molecule has 0 saturated carbocycles. The van der Waals surface area contributed by atoms with E-state index in [4.69, 9.17) is 27.9 Å². The zero-order valence-electron chi connectivity index (χ0n) is 9.90. The third-order valence-corrected chi connectivity index (χ3v) is 3.83. The van der Waals surface area contributed by atoms with E-state index >= 15 is 0 Å². The van der Waals surface area contributed by atoms with Crippen molar-refractivity contribution in [1.29, 1.82) is 0 Å². The molecular weight excluding hydrogens is 325 g/mol. The summed E-state index contributed by atoms with van der Waals surface area (Å²) in [6.45, 7) is 3.02. The maximum Gasteiger partial charge on any atom is 0.139 e. The quantitative estimate of drug-likeness (QED) is 0.607. The number of nitrogens with one attached hydrogen (secondary N) is 1. The molecule has 1 aromatic rings. The number of ether oxygens (including phenoxy) is 1. The normalized spacial score (nSPS) is 12.5. The van der Waals surface area contributed by atoms with Crippen molar-refractivity contribution < 1.29 is 4.74 Å². The van der Waals surface area contributed by atoms with Gasteiger partial charge in [0.2, 0.25) is 0 Å². The molecule has 0 aliphatic heterocycles. The molecule has 1 aromatic carbocycles. The topological polar surface area (TPSA) is 21.3 Å². The lowest BCUT2D eigenvalue weighted by molar-refractivity contribution is 0.208. The van der Waals surface area contributed by atoms with Crippen LogP contribution in [0.3, 0.4) is 0 Å². The van der Waals surface area contributed by atoms with Crippen molar-refractivity contribution in [1.82, 2.24) is 5.32 Å². The third kappa shape index (κ3) is 5.04. The number of hydrogen-bond donors (Lipinski definition) is 1. The number of halogens is 3. The Morgan fingerprint density at radius 2 is 2.06 bits per heavy atom. The van der Waals surface area contributed by atoms with Crippen LogP contribution in [-0.2, 0) is 0 Å². The Labute approximate surface area is 121 Å². The Bertz CT molecular complexity index is 374. The van der Waals surface area contributed by atoms with E-state index < -0.39 is 0 Å². The van der Waals surface area contributed by atoms with Crippen LogP contribution in [0.15, 0.2) is 16.6 Å². The Morgan fingerprint density at radius 3 is 2.71 bits per heavy atom. The summed E-state index contributed by atoms with van der Waals surface area (Å²) < 4.78 is 6.54. The number of rotatable bonds is 6. The second-order valence-electron chi connectivity index (χ2n) is 3.87. The number of benzene rings is 1. The van der Waals surface area contributed by atoms with E-state index in [1.54, 1.807) is 12.1 Å². The first-order chi connectivity index (χ1) is 8.04. The van der Waals surface area contributed by atoms with Gasteiger partial charge in [-0.3, -0.25) is 0 Å². The first kappa shape index (κ1) is 15.1. The summed E-state index contributed by atoms with van der Waals surface area (Å²) in [6, 6.07) is 3.49. The van der Waals surface area contributed by atoms with E-state index in [0.29, 0.717) is 15.8 Å². The molecule has 0 aliphatic rings. The molecule has 0 spiro atoms. The van der Waals surface area contributed by atoms with Gasteiger partial charge in [0.1, 0.15) is 5.75 Å². The van der Waals surface area contributed by atoms with Crippen LogP contribution in [0.1, 0.15) is 19.8 Å². The van der Waals surface area contributed by atoms with Crippen LogP contribution in [0, 0.1) is 0 Å². The molecule has 17 heavy (non-hydrogen) atoms. The van der Waals surface area contributed by atoms with Gasteiger partial charge in [-0.15, -0.1) is 0 Å². The lowest BCUT2D eigenvalue weighted by Gasteiger charge is -2.16. The van der Waals surface area contributed by atoms with Gasteiger partial charge in [-0.2, -0.15) is 0 Å². The van der Waals surface area contributed by atoms with Crippen LogP contribution in [0.2, 0.25) is 10.0 Å². The first-order valence-corrected chi connectivity index (χ1v) is 7.05. The molecule has 0 aliphatic carbocycles. The second-order valence-corrected chi connectivity index (χ2v) is 5.54. The summed E-state index contributed by atoms with van der Waals surface area (Å²) in [6.07, 6.45) is 2.17. The van der Waals surface area contributed by atoms with Gasteiger partial charge in [-0.25, -0.2) is 0 Å². The van der Waals surface area contributed by atoms with E-state index in [2.05, 4.69) is 21.2 Å². The maximum absolute atomic E-state index is 6.08. The molecule has 96 valence electrons. The van der Waals surface area contributed by atoms with Crippen molar-refractivity contribution >= 4 is 39.1 Å². The Hall–Kier alpha value is 0.0400. The lowest BCUT2D eigenvalue weighted by atomic mass is 10.2. The molecular formula is C12H16BrCl2NO. The standard InChI is InChI=1S/C12H16BrCl2NO/c1-8(4-3-5-16-2)17-12-7-10(14)9(13)6-11(12)15/h6-8,16H,3-5H2,1-2H3. The number of hydrogen-bond acceptors (Lipinski definition) is 2. The first-order valence-electron chi connectivity index (χ1n) is 5.50. The average molecular weight is 341 g/mol. The highest BCUT2D eigenvalue weighted by atomic mass is 79.9. The highest BCUT2D eigenvalue weighted by Crippen LogP contribution is 2.34. The Kier molecular flexibility index (Phi) is 6.63. The minimum atomic E-state index is 0.123. The van der Waals surface area contributed by atoms with Crippen molar-refractivity contribution in [2.75, 3.05) is 13.6 Å². The largest absolute Gasteiger partial charge is 0.489 e. The van der Waals surface area contributed by atoms with E-state index in [9.17, 15) is 0 Å². The van der Waals surface area contributed by atoms with E-state index in [-0.39, 0.29) is 6.10 Å². The van der Waals surface area contributed by atoms with Crippen LogP contribution in [0.4, 0.5) is 0 Å². The van der Waals surface area contributed by atoms with Crippen LogP contribution < -0.4 is 10.1 Å².